The normalized spacial score (nSPS) is 44.2. The van der Waals surface area contributed by atoms with Gasteiger partial charge >= 0.3 is 0 Å². The van der Waals surface area contributed by atoms with Crippen molar-refractivity contribution in [2.45, 2.75) is 373 Å². The maximum atomic E-state index is 13.4. The van der Waals surface area contributed by atoms with E-state index in [2.05, 4.69) is 42.2 Å². The minimum atomic E-state index is -2.79. The molecule has 11 rings (SSSR count). The van der Waals surface area contributed by atoms with Crippen molar-refractivity contribution in [1.82, 2.24) is 36.9 Å². The van der Waals surface area contributed by atoms with E-state index in [-0.39, 0.29) is 5.82 Å². The van der Waals surface area contributed by atoms with Crippen LogP contribution in [-0.2, 0) is 124 Å². The second kappa shape index (κ2) is 54.1. The molecule has 63 nitrogen and oxygen atoms in total. The van der Waals surface area contributed by atoms with Crippen LogP contribution in [0.25, 0.3) is 0 Å². The Hall–Kier alpha value is -6.19. The van der Waals surface area contributed by atoms with Crippen molar-refractivity contribution in [3.63, 3.8) is 0 Å². The van der Waals surface area contributed by atoms with Crippen LogP contribution < -0.4 is 37.2 Å². The van der Waals surface area contributed by atoms with Crippen molar-refractivity contribution in [3.8, 4) is 0 Å². The Labute approximate surface area is 828 Å². The highest BCUT2D eigenvalue weighted by atomic mass is 16.8. The number of amides is 6. The van der Waals surface area contributed by atoms with E-state index < -0.39 is 446 Å². The zero-order valence-corrected chi connectivity index (χ0v) is 79.0. The fourth-order valence-electron chi connectivity index (χ4n) is 18.4. The average Bonchev–Trinajstić information content (AvgIpc) is 0.757. The molecule has 0 aromatic carbocycles. The Balaban J connectivity index is 1.00. The third-order valence-corrected chi connectivity index (χ3v) is 26.0. The molecule has 36 N–H and O–H groups in total. The van der Waals surface area contributed by atoms with Crippen molar-refractivity contribution in [2.75, 3.05) is 84.5 Å². The quantitative estimate of drug-likeness (QED) is 0.0289. The van der Waals surface area contributed by atoms with Crippen LogP contribution in [-0.4, -0.2) is 599 Å². The van der Waals surface area contributed by atoms with E-state index >= 15 is 0 Å². The van der Waals surface area contributed by atoms with Gasteiger partial charge < -0.3 is 280 Å². The predicted molar refractivity (Wildman–Crippen MR) is 460 cm³/mol. The molecule has 0 bridgehead atoms. The fourth-order valence-corrected chi connectivity index (χ4v) is 18.4. The summed E-state index contributed by atoms with van der Waals surface area (Å²) in [5.41, 5.74) is 0. The average molecular weight is 2130 g/mol. The second-order valence-electron chi connectivity index (χ2n) is 36.5. The van der Waals surface area contributed by atoms with Crippen molar-refractivity contribution in [3.05, 3.63) is 24.4 Å². The van der Waals surface area contributed by atoms with Gasteiger partial charge in [-0.2, -0.15) is 0 Å². The van der Waals surface area contributed by atoms with Crippen LogP contribution in [0, 0.1) is 0 Å². The number of hydrogen-bond donors (Lipinski definition) is 36. The summed E-state index contributed by atoms with van der Waals surface area (Å²) in [7, 11) is 0. The highest BCUT2D eigenvalue weighted by molar-refractivity contribution is 5.75. The Morgan fingerprint density at radius 1 is 0.301 bits per heavy atom. The lowest BCUT2D eigenvalue weighted by Crippen LogP contribution is -2.71. The van der Waals surface area contributed by atoms with Crippen molar-refractivity contribution in [2.24, 2.45) is 0 Å². The lowest BCUT2D eigenvalue weighted by atomic mass is 9.93. The van der Waals surface area contributed by atoms with E-state index in [4.69, 9.17) is 94.7 Å². The smallest absolute Gasteiger partial charge is 0.217 e. The van der Waals surface area contributed by atoms with Crippen LogP contribution in [0.1, 0.15) is 41.5 Å². The summed E-state index contributed by atoms with van der Waals surface area (Å²) in [4.78, 5) is 82.5. The van der Waals surface area contributed by atoms with Crippen LogP contribution in [0.2, 0.25) is 0 Å². The molecular weight excluding hydrogens is 1990 g/mol. The van der Waals surface area contributed by atoms with Gasteiger partial charge in [0.1, 0.15) is 268 Å². The largest absolute Gasteiger partial charge is 0.394 e. The van der Waals surface area contributed by atoms with Gasteiger partial charge in [-0.1, -0.05) is 6.07 Å². The van der Waals surface area contributed by atoms with Crippen LogP contribution in [0.4, 0.5) is 5.82 Å². The van der Waals surface area contributed by atoms with E-state index in [1.807, 2.05) is 0 Å². The van der Waals surface area contributed by atoms with Gasteiger partial charge in [0.25, 0.3) is 0 Å². The maximum absolute atomic E-state index is 13.4. The highest BCUT2D eigenvalue weighted by Crippen LogP contribution is 2.42. The van der Waals surface area contributed by atoms with Crippen LogP contribution >= 0.6 is 0 Å². The number of anilines is 1. The van der Waals surface area contributed by atoms with E-state index in [0.717, 1.165) is 41.5 Å². The number of carbonyl (C=O) groups is 6. The number of pyridine rings is 1. The standard InChI is InChI=1S/C83H136N8O55/c1-23(101)86-29(11-85-41-9-7-8-10-84-41)47(108)66(30(107)12-92)139-77-45(90-27(5)105)57(118)69(37(19-99)134-77)143-81-65(126)71(144-83-73(64(125)70(38(20-100)136-83)140-75-42(87-24(2)102)54(115)48(109)31(13-93)129-75)146-78-46(91-28(6)106)58(119)68(36(18-98)135-78)142-80-63(124)60(121)51(112)34(16-96)132-80)53(114)40(137-81)22-128-82-72(145-76-43(88-25(3)103)55(116)49(110)32(14-94)130-76)61(122)52(113)39(138-82)21-127-74-44(89-26(4)104)56(117)67(35(17-97)133-74)141-79-62(123)59(120)50(111)33(15-95)131-79/h7-10,29-40,42-83,92-100,107-126H,11-22H2,1-6H3,(H,84,85)(H,86,101)(H,87,102)(H,88,103)(H,89,104)(H,90,105)(H,91,106)/t29-,30+,31+,32+,33+,34+,35+,36+,37+,38+,39+,40+,42+,43+,44+,45+,46+,47+,48+,49+,50-,51-,52+,53+,54+,55+,56+,57+,58+,59-,60-,61-,62+,63+,64-,65-,66+,67+,68+,69+,70+,71-,72-,73-,74+,75+,76-,77-,78-,79-,80-,81-,82-,83+/m0/s1. The molecule has 0 spiro atoms. The second-order valence-corrected chi connectivity index (χ2v) is 36.5. The summed E-state index contributed by atoms with van der Waals surface area (Å²) >= 11 is 0. The Morgan fingerprint density at radius 2 is 0.610 bits per heavy atom. The van der Waals surface area contributed by atoms with Gasteiger partial charge in [-0.15, -0.1) is 0 Å². The summed E-state index contributed by atoms with van der Waals surface area (Å²) in [5.74, 6) is -5.50. The molecule has 1 aromatic heterocycles. The molecule has 0 unspecified atom stereocenters. The first-order chi connectivity index (χ1) is 69.2. The summed E-state index contributed by atoms with van der Waals surface area (Å²) in [6.45, 7) is -7.86. The summed E-state index contributed by atoms with van der Waals surface area (Å²) in [6.07, 6.45) is -105. The molecule has 10 fully saturated rings. The number of aliphatic hydroxyl groups excluding tert-OH is 29. The highest BCUT2D eigenvalue weighted by Gasteiger charge is 2.63. The van der Waals surface area contributed by atoms with E-state index in [0.29, 0.717) is 0 Å². The summed E-state index contributed by atoms with van der Waals surface area (Å²) in [6, 6.07) is -6.77. The molecule has 10 aliphatic rings. The summed E-state index contributed by atoms with van der Waals surface area (Å²) in [5, 5.41) is 348. The number of aliphatic hydroxyl groups is 29. The zero-order valence-electron chi connectivity index (χ0n) is 79.0. The Bertz CT molecular complexity index is 4210. The van der Waals surface area contributed by atoms with Gasteiger partial charge in [-0.3, -0.25) is 28.8 Å². The topological polar surface area (TPSA) is 971 Å². The lowest BCUT2D eigenvalue weighted by Gasteiger charge is -2.52. The van der Waals surface area contributed by atoms with Gasteiger partial charge in [-0.05, 0) is 12.1 Å². The van der Waals surface area contributed by atoms with Crippen molar-refractivity contribution >= 4 is 41.3 Å². The third-order valence-electron chi connectivity index (χ3n) is 26.0. The molecule has 1 aromatic rings. The number of ether oxygens (including phenoxy) is 20. The zero-order chi connectivity index (χ0) is 107. The van der Waals surface area contributed by atoms with Crippen molar-refractivity contribution < 1.29 is 272 Å². The van der Waals surface area contributed by atoms with E-state index in [1.165, 1.54) is 12.3 Å². The van der Waals surface area contributed by atoms with Gasteiger partial charge in [-0.25, -0.2) is 4.98 Å². The number of carbonyl (C=O) groups excluding carboxylic acids is 6. The van der Waals surface area contributed by atoms with Crippen LogP contribution in [0.15, 0.2) is 24.4 Å². The van der Waals surface area contributed by atoms with E-state index in [1.54, 1.807) is 12.1 Å². The monoisotopic (exact) mass is 2120 g/mol. The molecule has 10 saturated heterocycles. The first-order valence-electron chi connectivity index (χ1n) is 46.6. The predicted octanol–water partition coefficient (Wildman–Crippen LogP) is -23.0. The SMILES string of the molecule is CC(=O)N[C@H]1[C@H](O[C@@H]([C@H](O)[C@H](CNc2ccccn2)NC(C)=O)[C@H](O)CO)O[C@H](CO)[C@@H](O[C@@H]2O[C@H](CO[C@H]3O[C@H](CO[C@@H]4O[C@H](CO)[C@@H](O[C@@H]5O[C@H](CO)[C@H](O)[C@H](O)[C@H]5O)[C@H](O)[C@H]4NC(C)=O)[C@@H](O)[C@H](O)[C@@H]3O[C@@H]3O[C@H](CO)[C@@H](O)[C@H](O)[C@H]3NC(C)=O)[C@@H](O)[C@H](O[C@H]3O[C@H](CO)[C@@H](O[C@H]4O[C@H](CO)[C@@H](O)[C@H](O)[C@H]4NC(C)=O)[C@H](O)[C@@H]3O[C@@H]3O[C@H](CO)[C@@H](O[C@@H]4O[C@H](CO)[C@H](O)[C@H](O)[C@H]4O)[C@H](O)[C@H]3NC(C)=O)[C@@H]2O)[C@@H]1O. The van der Waals surface area contributed by atoms with Gasteiger partial charge in [0.05, 0.1) is 78.7 Å². The number of nitrogens with one attached hydrogen (secondary N) is 7. The molecular formula is C83H136N8O55. The minimum Gasteiger partial charge on any atom is -0.394 e. The van der Waals surface area contributed by atoms with Crippen LogP contribution in [0.5, 0.6) is 0 Å². The fraction of sp³-hybridized carbons (Fsp3) is 0.867. The molecule has 63 heteroatoms. The first-order valence-corrected chi connectivity index (χ1v) is 46.6. The number of rotatable bonds is 43. The van der Waals surface area contributed by atoms with Gasteiger partial charge in [0.15, 0.2) is 62.9 Å². The molecule has 0 aliphatic carbocycles. The number of nitrogens with zero attached hydrogens (tertiary/aromatic N) is 1. The molecule has 10 aliphatic heterocycles. The first kappa shape index (κ1) is 120. The maximum Gasteiger partial charge on any atom is 0.217 e. The summed E-state index contributed by atoms with van der Waals surface area (Å²) < 4.78 is 122. The molecule has 6 amide bonds. The molecule has 0 saturated carbocycles. The number of aromatic nitrogens is 1. The lowest BCUT2D eigenvalue weighted by molar-refractivity contribution is -0.405. The Kier molecular flexibility index (Phi) is 44.5. The minimum absolute atomic E-state index is 0.198. The van der Waals surface area contributed by atoms with Gasteiger partial charge in [0, 0.05) is 54.3 Å². The molecule has 54 atom stereocenters. The van der Waals surface area contributed by atoms with Crippen LogP contribution in [0.3, 0.4) is 0 Å². The van der Waals surface area contributed by atoms with Gasteiger partial charge in [0.2, 0.25) is 35.4 Å². The number of hydrogen-bond acceptors (Lipinski definition) is 57. The third kappa shape index (κ3) is 28.1. The van der Waals surface area contributed by atoms with Crippen molar-refractivity contribution in [1.29, 1.82) is 0 Å². The van der Waals surface area contributed by atoms with E-state index in [9.17, 15) is 177 Å². The molecule has 11 heterocycles. The Morgan fingerprint density at radius 3 is 1.01 bits per heavy atom. The molecule has 0 radical (unpaired) electrons. The molecule has 146 heavy (non-hydrogen) atoms. The molecule has 838 valence electrons.